The summed E-state index contributed by atoms with van der Waals surface area (Å²) in [6.07, 6.45) is 1.02. The van der Waals surface area contributed by atoms with Gasteiger partial charge >= 0.3 is 0 Å². The highest BCUT2D eigenvalue weighted by atomic mass is 32.3. The van der Waals surface area contributed by atoms with E-state index in [9.17, 15) is 37.3 Å². The number of thiophene rings is 2. The summed E-state index contributed by atoms with van der Waals surface area (Å²) in [7, 11) is -7.11. The normalized spacial score (nSPS) is 18.1. The van der Waals surface area contributed by atoms with E-state index >= 15 is 0 Å². The first kappa shape index (κ1) is 47.2. The van der Waals surface area contributed by atoms with E-state index in [1.807, 2.05) is 72.8 Å². The Morgan fingerprint density at radius 2 is 0.875 bits per heavy atom. The second kappa shape index (κ2) is 19.4. The van der Waals surface area contributed by atoms with Crippen molar-refractivity contribution in [2.45, 2.75) is 72.2 Å². The van der Waals surface area contributed by atoms with Crippen molar-refractivity contribution in [2.24, 2.45) is 0 Å². The van der Waals surface area contributed by atoms with E-state index in [1.165, 1.54) is 22.7 Å². The summed E-state index contributed by atoms with van der Waals surface area (Å²) in [5.41, 5.74) is 3.27. The lowest BCUT2D eigenvalue weighted by molar-refractivity contribution is 0.0780. The van der Waals surface area contributed by atoms with Crippen molar-refractivity contribution < 1.29 is 37.3 Å². The molecule has 4 aromatic carbocycles. The highest BCUT2D eigenvalue weighted by Crippen LogP contribution is 2.33. The molecular weight excluding hydrogens is 889 g/mol. The molecule has 0 aliphatic carbocycles. The quantitative estimate of drug-likeness (QED) is 0.0962. The predicted molar refractivity (Wildman–Crippen MR) is 255 cm³/mol. The van der Waals surface area contributed by atoms with Crippen LogP contribution in [0.2, 0.25) is 0 Å². The van der Waals surface area contributed by atoms with E-state index in [1.54, 1.807) is 95.6 Å². The average Bonchev–Trinajstić information content (AvgIpc) is 4.03. The number of piperazine rings is 2. The van der Waals surface area contributed by atoms with Gasteiger partial charge in [-0.05, 0) is 122 Å². The zero-order valence-corrected chi connectivity index (χ0v) is 39.6. The smallest absolute Gasteiger partial charge is 0.252 e. The Morgan fingerprint density at radius 1 is 0.516 bits per heavy atom. The predicted octanol–water partition coefficient (Wildman–Crippen LogP) is 7.61. The highest BCUT2D eigenvalue weighted by Gasteiger charge is 2.37. The SMILES string of the molecule is CC(C)(O)c1ccc(N2CCN(S(=O)(=O)c3cccs3)C[C@@H]2Cc2ccccc2O)cc1.CC(C)(O)c1ccc(N2CCN(S(=O)(=O)c3cccs3)C[C@H]2Cc2ccccc2O)cc1. The number of phenols is 2. The van der Waals surface area contributed by atoms with Crippen LogP contribution in [-0.4, -0.2) is 97.2 Å². The number of para-hydroxylation sites is 2. The fraction of sp³-hybridized carbons (Fsp3) is 0.333. The van der Waals surface area contributed by atoms with Gasteiger partial charge in [-0.15, -0.1) is 22.7 Å². The molecule has 2 fully saturated rings. The second-order valence-corrected chi connectivity index (χ2v) is 23.4. The molecule has 64 heavy (non-hydrogen) atoms. The van der Waals surface area contributed by atoms with Crippen LogP contribution in [0.4, 0.5) is 11.4 Å². The van der Waals surface area contributed by atoms with Crippen LogP contribution in [-0.2, 0) is 44.1 Å². The summed E-state index contributed by atoms with van der Waals surface area (Å²) in [5, 5.41) is 44.7. The summed E-state index contributed by atoms with van der Waals surface area (Å²) in [4.78, 5) is 4.39. The molecule has 0 radical (unpaired) electrons. The molecule has 12 nitrogen and oxygen atoms in total. The van der Waals surface area contributed by atoms with Crippen molar-refractivity contribution >= 4 is 54.1 Å². The fourth-order valence-electron chi connectivity index (χ4n) is 8.19. The number of hydrogen-bond donors (Lipinski definition) is 4. The van der Waals surface area contributed by atoms with Crippen LogP contribution < -0.4 is 9.80 Å². The molecule has 0 amide bonds. The number of aliphatic hydroxyl groups is 2. The summed E-state index contributed by atoms with van der Waals surface area (Å²) in [6, 6.07) is 36.3. The molecule has 2 aliphatic rings. The molecule has 0 bridgehead atoms. The van der Waals surface area contributed by atoms with Gasteiger partial charge in [-0.2, -0.15) is 8.61 Å². The summed E-state index contributed by atoms with van der Waals surface area (Å²) >= 11 is 2.45. The Labute approximate surface area is 385 Å². The molecule has 6 aromatic rings. The maximum absolute atomic E-state index is 13.2. The third-order valence-corrected chi connectivity index (χ3v) is 18.3. The van der Waals surface area contributed by atoms with Gasteiger partial charge in [0.2, 0.25) is 0 Å². The Morgan fingerprint density at radius 3 is 1.19 bits per heavy atom. The Balaban J connectivity index is 0.000000191. The minimum absolute atomic E-state index is 0.153. The molecule has 340 valence electrons. The molecule has 2 atom stereocenters. The monoisotopic (exact) mass is 944 g/mol. The fourth-order valence-corrected chi connectivity index (χ4v) is 13.4. The van der Waals surface area contributed by atoms with Crippen LogP contribution in [0.5, 0.6) is 11.5 Å². The minimum Gasteiger partial charge on any atom is -0.508 e. The lowest BCUT2D eigenvalue weighted by Gasteiger charge is -2.42. The molecule has 2 aromatic heterocycles. The van der Waals surface area contributed by atoms with Crippen molar-refractivity contribution in [3.05, 3.63) is 154 Å². The van der Waals surface area contributed by atoms with Gasteiger partial charge in [0, 0.05) is 62.7 Å². The van der Waals surface area contributed by atoms with Crippen molar-refractivity contribution in [1.29, 1.82) is 0 Å². The third-order valence-electron chi connectivity index (χ3n) is 11.8. The Bertz CT molecular complexity index is 2490. The standard InChI is InChI=1S/2C24H28N2O4S2/c2*1-24(2,28)19-9-11-20(12-10-19)26-14-13-25(32(29,30)23-8-5-15-31-23)17-21(26)16-18-6-3-4-7-22(18)27/h2*3-12,15,21,27-28H,13-14,16-17H2,1-2H3/t2*21-/m10/s1. The number of sulfonamides is 2. The second-order valence-electron chi connectivity index (χ2n) is 17.2. The molecule has 8 rings (SSSR count). The molecule has 0 spiro atoms. The lowest BCUT2D eigenvalue weighted by Crippen LogP contribution is -2.55. The van der Waals surface area contributed by atoms with Crippen LogP contribution in [0.25, 0.3) is 0 Å². The van der Waals surface area contributed by atoms with Crippen molar-refractivity contribution in [1.82, 2.24) is 8.61 Å². The topological polar surface area (TPSA) is 162 Å². The average molecular weight is 945 g/mol. The van der Waals surface area contributed by atoms with E-state index in [2.05, 4.69) is 9.80 Å². The first-order valence-corrected chi connectivity index (χ1v) is 25.8. The van der Waals surface area contributed by atoms with E-state index < -0.39 is 31.2 Å². The minimum atomic E-state index is -3.56. The van der Waals surface area contributed by atoms with E-state index in [-0.39, 0.29) is 23.6 Å². The van der Waals surface area contributed by atoms with Crippen LogP contribution in [0.1, 0.15) is 49.9 Å². The van der Waals surface area contributed by atoms with Crippen molar-refractivity contribution in [2.75, 3.05) is 49.1 Å². The van der Waals surface area contributed by atoms with Gasteiger partial charge in [-0.1, -0.05) is 72.8 Å². The van der Waals surface area contributed by atoms with Gasteiger partial charge in [0.25, 0.3) is 20.0 Å². The van der Waals surface area contributed by atoms with Gasteiger partial charge in [0.15, 0.2) is 0 Å². The van der Waals surface area contributed by atoms with E-state index in [0.717, 1.165) is 33.6 Å². The number of rotatable bonds is 12. The zero-order valence-electron chi connectivity index (χ0n) is 36.4. The summed E-state index contributed by atoms with van der Waals surface area (Å²) < 4.78 is 56.4. The van der Waals surface area contributed by atoms with Gasteiger partial charge in [0.05, 0.1) is 11.2 Å². The number of hydrogen-bond acceptors (Lipinski definition) is 12. The van der Waals surface area contributed by atoms with E-state index in [4.69, 9.17) is 0 Å². The molecular formula is C48H56N4O8S4. The molecule has 0 saturated carbocycles. The maximum atomic E-state index is 13.2. The van der Waals surface area contributed by atoms with E-state index in [0.29, 0.717) is 60.5 Å². The number of anilines is 2. The van der Waals surface area contributed by atoms with Crippen LogP contribution in [0.3, 0.4) is 0 Å². The number of aromatic hydroxyl groups is 2. The molecule has 0 unspecified atom stereocenters. The molecule has 16 heteroatoms. The van der Waals surface area contributed by atoms with Crippen molar-refractivity contribution in [3.63, 3.8) is 0 Å². The summed E-state index contributed by atoms with van der Waals surface area (Å²) in [5.74, 6) is 0.422. The molecule has 2 aliphatic heterocycles. The van der Waals surface area contributed by atoms with Crippen LogP contribution in [0, 0.1) is 0 Å². The van der Waals surface area contributed by atoms with Crippen LogP contribution in [0.15, 0.2) is 141 Å². The Hall–Kier alpha value is -4.78. The van der Waals surface area contributed by atoms with Crippen LogP contribution >= 0.6 is 22.7 Å². The highest BCUT2D eigenvalue weighted by molar-refractivity contribution is 7.91. The zero-order chi connectivity index (χ0) is 45.9. The first-order chi connectivity index (χ1) is 30.3. The van der Waals surface area contributed by atoms with Gasteiger partial charge < -0.3 is 30.2 Å². The third kappa shape index (κ3) is 10.8. The van der Waals surface area contributed by atoms with Gasteiger partial charge in [-0.3, -0.25) is 0 Å². The van der Waals surface area contributed by atoms with Gasteiger partial charge in [0.1, 0.15) is 19.9 Å². The molecule has 4 heterocycles. The first-order valence-electron chi connectivity index (χ1n) is 21.1. The Kier molecular flexibility index (Phi) is 14.3. The maximum Gasteiger partial charge on any atom is 0.252 e. The van der Waals surface area contributed by atoms with Crippen molar-refractivity contribution in [3.8, 4) is 11.5 Å². The summed E-state index contributed by atoms with van der Waals surface area (Å²) in [6.45, 7) is 9.46. The van der Waals surface area contributed by atoms with Gasteiger partial charge in [-0.25, -0.2) is 16.8 Å². The lowest BCUT2D eigenvalue weighted by atomic mass is 9.97. The molecule has 2 saturated heterocycles. The largest absolute Gasteiger partial charge is 0.508 e. The number of phenolic OH excluding ortho intramolecular Hbond substituents is 2. The molecule has 4 N–H and O–H groups in total. The number of benzene rings is 4. The number of nitrogens with zero attached hydrogens (tertiary/aromatic N) is 4.